The minimum Gasteiger partial charge on any atom is -0.543 e. The van der Waals surface area contributed by atoms with Crippen LogP contribution in [-0.2, 0) is 30.6 Å². The minimum atomic E-state index is -2.53. The quantitative estimate of drug-likeness (QED) is 0.496. The van der Waals surface area contributed by atoms with Crippen LogP contribution >= 0.6 is 0 Å². The molecule has 0 unspecified atom stereocenters. The first kappa shape index (κ1) is 27.2. The van der Waals surface area contributed by atoms with Crippen molar-refractivity contribution in [2.24, 2.45) is 0 Å². The van der Waals surface area contributed by atoms with Gasteiger partial charge in [0.05, 0.1) is 0 Å². The summed E-state index contributed by atoms with van der Waals surface area (Å²) in [5.74, 6) is 2.48. The maximum atomic E-state index is 12.0. The van der Waals surface area contributed by atoms with Crippen LogP contribution in [0.15, 0.2) is 60.7 Å². The number of hydrogen-bond acceptors (Lipinski definition) is 1. The van der Waals surface area contributed by atoms with E-state index >= 15 is 0 Å². The summed E-state index contributed by atoms with van der Waals surface area (Å²) in [6, 6.07) is 20.2. The third-order valence-electron chi connectivity index (χ3n) is 4.80. The maximum Gasteiger partial charge on any atom is 0.0111 e. The molecular weight excluding hydrogens is 413 g/mol. The van der Waals surface area contributed by atoms with Gasteiger partial charge in [0.15, 0.2) is 0 Å². The molecule has 11 radical (unpaired) electrons. The first-order chi connectivity index (χ1) is 14.0. The second kappa shape index (κ2) is 14.3. The average molecular weight is 443 g/mol. The second-order valence-corrected chi connectivity index (χ2v) is 12.1. The van der Waals surface area contributed by atoms with Crippen LogP contribution < -0.4 is 10.4 Å². The number of carbonyl (C=O) groups excluding carboxylic acids is 1. The summed E-state index contributed by atoms with van der Waals surface area (Å²) in [4.78, 5) is 12.0. The van der Waals surface area contributed by atoms with Crippen LogP contribution in [0.2, 0.25) is 5.04 Å². The zero-order chi connectivity index (χ0) is 21.0. The summed E-state index contributed by atoms with van der Waals surface area (Å²) in [7, 11) is -2.53. The Labute approximate surface area is 204 Å². The summed E-state index contributed by atoms with van der Waals surface area (Å²) in [5.41, 5.74) is 0. The van der Waals surface area contributed by atoms with Gasteiger partial charge in [-0.3, -0.25) is 5.91 Å². The molecule has 2 fully saturated rings. The molecule has 0 spiro atoms. The number of benzene rings is 2. The van der Waals surface area contributed by atoms with Gasteiger partial charge in [0.2, 0.25) is 0 Å². The second-order valence-electron chi connectivity index (χ2n) is 7.76. The molecule has 0 amide bonds. The fourth-order valence-electron chi connectivity index (χ4n) is 3.32. The Kier molecular flexibility index (Phi) is 13.0. The van der Waals surface area contributed by atoms with Crippen molar-refractivity contribution in [3.63, 3.8) is 0 Å². The van der Waals surface area contributed by atoms with E-state index in [-0.39, 0.29) is 30.9 Å². The third kappa shape index (κ3) is 7.71. The molecule has 2 saturated carbocycles. The summed E-state index contributed by atoms with van der Waals surface area (Å²) in [5, 5.41) is 2.14. The largest absolute Gasteiger partial charge is 0.543 e. The molecule has 30 heavy (non-hydrogen) atoms. The predicted molar refractivity (Wildman–Crippen MR) is 126 cm³/mol. The molecule has 2 aromatic carbocycles. The van der Waals surface area contributed by atoms with Gasteiger partial charge in [0.25, 0.3) is 0 Å². The van der Waals surface area contributed by atoms with Crippen LogP contribution in [0.3, 0.4) is 0 Å². The van der Waals surface area contributed by atoms with Gasteiger partial charge >= 0.3 is 0 Å². The van der Waals surface area contributed by atoms with Gasteiger partial charge in [-0.1, -0.05) is 96.8 Å². The molecule has 0 aromatic heterocycles. The normalized spacial score (nSPS) is 15.7. The van der Waals surface area contributed by atoms with Crippen molar-refractivity contribution in [2.45, 2.75) is 25.8 Å². The molecule has 0 heterocycles. The fourth-order valence-corrected chi connectivity index (χ4v) is 7.31. The molecule has 3 heteroatoms. The Hall–Kier alpha value is -0.803. The molecule has 151 valence electrons. The molecule has 4 rings (SSSR count). The van der Waals surface area contributed by atoms with Gasteiger partial charge in [-0.05, 0) is 64.2 Å². The standard InChI is InChI=1S/C17H19OSi.2C5H5.Sc/c1-17(2,3)19(14-18,15-10-6-4-7-11-15)16-12-8-5-9-13-16;2*1-2-4-5-3-1;/h4-13H,1-3H3;2*1-5H;/q-1;;;. The fraction of sp³-hybridized carbons (Fsp3) is 0.148. The minimum absolute atomic E-state index is 0. The Morgan fingerprint density at radius 2 is 0.833 bits per heavy atom. The monoisotopic (exact) mass is 442 g/mol. The number of hydrogen-bond donors (Lipinski definition) is 0. The van der Waals surface area contributed by atoms with Crippen molar-refractivity contribution in [2.75, 3.05) is 0 Å². The van der Waals surface area contributed by atoms with E-state index in [1.165, 1.54) is 0 Å². The van der Waals surface area contributed by atoms with Crippen molar-refractivity contribution in [1.29, 1.82) is 0 Å². The topological polar surface area (TPSA) is 17.1 Å². The summed E-state index contributed by atoms with van der Waals surface area (Å²) in [6.45, 7) is 6.43. The van der Waals surface area contributed by atoms with E-state index in [4.69, 9.17) is 0 Å². The first-order valence-electron chi connectivity index (χ1n) is 9.86. The zero-order valence-electron chi connectivity index (χ0n) is 18.0. The molecule has 0 atom stereocenters. The smallest absolute Gasteiger partial charge is 0.0111 e. The Bertz CT molecular complexity index is 621. The van der Waals surface area contributed by atoms with Crippen molar-refractivity contribution in [1.82, 2.24) is 0 Å². The van der Waals surface area contributed by atoms with Crippen molar-refractivity contribution in [3.05, 3.63) is 125 Å². The van der Waals surface area contributed by atoms with Crippen LogP contribution in [0, 0.1) is 64.2 Å². The van der Waals surface area contributed by atoms with Crippen molar-refractivity contribution >= 4 is 24.4 Å². The van der Waals surface area contributed by atoms with Crippen LogP contribution in [0.4, 0.5) is 0 Å². The van der Waals surface area contributed by atoms with Gasteiger partial charge in [-0.25, -0.2) is 0 Å². The molecule has 2 aromatic rings. The summed E-state index contributed by atoms with van der Waals surface area (Å²) in [6.07, 6.45) is 20.0. The maximum absolute atomic E-state index is 12.0. The van der Waals surface area contributed by atoms with Crippen LogP contribution in [0.25, 0.3) is 0 Å². The van der Waals surface area contributed by atoms with E-state index < -0.39 is 8.07 Å². The van der Waals surface area contributed by atoms with Gasteiger partial charge < -0.3 is 4.79 Å². The van der Waals surface area contributed by atoms with E-state index in [0.717, 1.165) is 10.4 Å². The van der Waals surface area contributed by atoms with Crippen LogP contribution in [-0.4, -0.2) is 14.0 Å². The first-order valence-corrected chi connectivity index (χ1v) is 11.9. The van der Waals surface area contributed by atoms with Gasteiger partial charge in [-0.15, -0.1) is 0 Å². The van der Waals surface area contributed by atoms with Gasteiger partial charge in [0.1, 0.15) is 0 Å². The third-order valence-corrected chi connectivity index (χ3v) is 9.76. The molecule has 0 aliphatic heterocycles. The van der Waals surface area contributed by atoms with Gasteiger partial charge in [-0.2, -0.15) is 0 Å². The molecule has 1 nitrogen and oxygen atoms in total. The molecule has 0 N–H and O–H groups in total. The van der Waals surface area contributed by atoms with E-state index in [1.807, 2.05) is 101 Å². The summed E-state index contributed by atoms with van der Waals surface area (Å²) >= 11 is 0. The zero-order valence-corrected chi connectivity index (χ0v) is 20.8. The van der Waals surface area contributed by atoms with Gasteiger partial charge in [0, 0.05) is 33.9 Å². The Morgan fingerprint density at radius 1 is 0.567 bits per heavy atom. The van der Waals surface area contributed by atoms with Crippen molar-refractivity contribution < 1.29 is 30.6 Å². The number of rotatable bonds is 3. The predicted octanol–water partition coefficient (Wildman–Crippen LogP) is 4.74. The molecule has 2 aliphatic rings. The van der Waals surface area contributed by atoms with E-state index in [1.54, 1.807) is 0 Å². The van der Waals surface area contributed by atoms with E-state index in [0.29, 0.717) is 0 Å². The molecule has 0 saturated heterocycles. The SMILES string of the molecule is CC(C)(C)[Si]([C-]=O)(c1ccccc1)c1ccccc1.[CH]1[CH][CH][CH][CH]1.[CH]1[CH][CH][CH][CH]1.[Sc]. The molecule has 2 aliphatic carbocycles. The Morgan fingerprint density at radius 3 is 1.03 bits per heavy atom. The van der Waals surface area contributed by atoms with Crippen molar-refractivity contribution in [3.8, 4) is 0 Å². The van der Waals surface area contributed by atoms with E-state index in [9.17, 15) is 4.79 Å². The van der Waals surface area contributed by atoms with Crippen LogP contribution in [0.1, 0.15) is 20.8 Å². The van der Waals surface area contributed by atoms with E-state index in [2.05, 4.69) is 50.9 Å². The van der Waals surface area contributed by atoms with Crippen LogP contribution in [0.5, 0.6) is 0 Å². The summed E-state index contributed by atoms with van der Waals surface area (Å²) < 4.78 is 0. The molecule has 0 bridgehead atoms. The Balaban J connectivity index is 0.000000333. The average Bonchev–Trinajstić information content (AvgIpc) is 3.48. The molecular formula is C27H29OScSi-.